The Labute approximate surface area is 62.2 Å². The van der Waals surface area contributed by atoms with Crippen LogP contribution in [-0.4, -0.2) is 19.8 Å². The zero-order valence-electron chi connectivity index (χ0n) is 6.47. The Morgan fingerprint density at radius 3 is 2.90 bits per heavy atom. The van der Waals surface area contributed by atoms with Gasteiger partial charge in [0.25, 0.3) is 0 Å². The molecule has 0 aromatic carbocycles. The fourth-order valence-electron chi connectivity index (χ4n) is 0.717. The molecule has 10 heavy (non-hydrogen) atoms. The predicted molar refractivity (Wildman–Crippen MR) is 42.4 cm³/mol. The van der Waals surface area contributed by atoms with Crippen molar-refractivity contribution >= 4 is 0 Å². The summed E-state index contributed by atoms with van der Waals surface area (Å²) in [6.07, 6.45) is 3.79. The monoisotopic (exact) mass is 144 g/mol. The van der Waals surface area contributed by atoms with Gasteiger partial charge < -0.3 is 4.74 Å². The van der Waals surface area contributed by atoms with Gasteiger partial charge in [-0.05, 0) is 12.8 Å². The Kier molecular flexibility index (Phi) is 6.48. The summed E-state index contributed by atoms with van der Waals surface area (Å²) in [5.41, 5.74) is 2.64. The Hall–Kier alpha value is -0.380. The third-order valence-electron chi connectivity index (χ3n) is 1.36. The van der Waals surface area contributed by atoms with E-state index < -0.39 is 0 Å². The van der Waals surface area contributed by atoms with Gasteiger partial charge in [-0.15, -0.1) is 6.58 Å². The van der Waals surface area contributed by atoms with Crippen LogP contribution in [0.15, 0.2) is 12.7 Å². The van der Waals surface area contributed by atoms with Gasteiger partial charge in [-0.2, -0.15) is 0 Å². The molecule has 0 bridgehead atoms. The summed E-state index contributed by atoms with van der Waals surface area (Å²) in [6, 6.07) is 0.218. The van der Waals surface area contributed by atoms with Crippen LogP contribution < -0.4 is 11.3 Å². The maximum Gasteiger partial charge on any atom is 0.0462 e. The van der Waals surface area contributed by atoms with E-state index in [1.165, 1.54) is 0 Å². The highest BCUT2D eigenvalue weighted by molar-refractivity contribution is 4.83. The van der Waals surface area contributed by atoms with Crippen molar-refractivity contribution in [3.63, 3.8) is 0 Å². The number of nitrogens with one attached hydrogen (secondary N) is 1. The molecule has 1 atom stereocenters. The van der Waals surface area contributed by atoms with Gasteiger partial charge in [-0.1, -0.05) is 6.08 Å². The summed E-state index contributed by atoms with van der Waals surface area (Å²) in [4.78, 5) is 0. The zero-order valence-corrected chi connectivity index (χ0v) is 6.47. The van der Waals surface area contributed by atoms with Crippen LogP contribution in [0.5, 0.6) is 0 Å². The molecule has 0 rings (SSSR count). The van der Waals surface area contributed by atoms with Crippen molar-refractivity contribution in [2.24, 2.45) is 5.84 Å². The van der Waals surface area contributed by atoms with Crippen LogP contribution >= 0.6 is 0 Å². The number of hydrogen-bond donors (Lipinski definition) is 2. The van der Waals surface area contributed by atoms with E-state index in [-0.39, 0.29) is 6.04 Å². The predicted octanol–water partition coefficient (Wildman–Crippen LogP) is 0.431. The topological polar surface area (TPSA) is 47.3 Å². The normalized spacial score (nSPS) is 13.0. The smallest absolute Gasteiger partial charge is 0.0462 e. The van der Waals surface area contributed by atoms with Gasteiger partial charge in [0.1, 0.15) is 0 Å². The van der Waals surface area contributed by atoms with Crippen molar-refractivity contribution < 1.29 is 4.74 Å². The molecule has 3 N–H and O–H groups in total. The quantitative estimate of drug-likeness (QED) is 0.246. The molecule has 0 aromatic heterocycles. The molecule has 0 aromatic rings. The number of hydrazine groups is 1. The molecule has 0 saturated carbocycles. The maximum absolute atomic E-state index is 5.20. The van der Waals surface area contributed by atoms with Crippen LogP contribution in [0.2, 0.25) is 0 Å². The average molecular weight is 144 g/mol. The molecule has 0 aliphatic heterocycles. The van der Waals surface area contributed by atoms with Gasteiger partial charge in [0.05, 0.1) is 0 Å². The first-order valence-corrected chi connectivity index (χ1v) is 3.42. The molecular formula is C7H16N2O. The summed E-state index contributed by atoms with van der Waals surface area (Å²) in [5.74, 6) is 5.20. The molecule has 0 heterocycles. The summed E-state index contributed by atoms with van der Waals surface area (Å²) >= 11 is 0. The van der Waals surface area contributed by atoms with Crippen molar-refractivity contribution in [1.82, 2.24) is 5.43 Å². The summed E-state index contributed by atoms with van der Waals surface area (Å²) in [7, 11) is 1.69. The summed E-state index contributed by atoms with van der Waals surface area (Å²) in [5, 5.41) is 0. The highest BCUT2D eigenvalue weighted by Crippen LogP contribution is 1.96. The van der Waals surface area contributed by atoms with Gasteiger partial charge >= 0.3 is 0 Å². The summed E-state index contributed by atoms with van der Waals surface area (Å²) in [6.45, 7) is 4.41. The lowest BCUT2D eigenvalue weighted by atomic mass is 10.2. The minimum atomic E-state index is 0.218. The Morgan fingerprint density at radius 1 is 1.80 bits per heavy atom. The molecule has 60 valence electrons. The van der Waals surface area contributed by atoms with Crippen molar-refractivity contribution in [2.75, 3.05) is 13.7 Å². The van der Waals surface area contributed by atoms with Gasteiger partial charge in [0.2, 0.25) is 0 Å². The molecule has 0 saturated heterocycles. The second-order valence-electron chi connectivity index (χ2n) is 2.14. The van der Waals surface area contributed by atoms with Gasteiger partial charge in [0, 0.05) is 19.8 Å². The fraction of sp³-hybridized carbons (Fsp3) is 0.714. The molecule has 0 fully saturated rings. The maximum atomic E-state index is 5.20. The SMILES string of the molecule is C=CC(CCCOC)NN. The molecule has 0 spiro atoms. The van der Waals surface area contributed by atoms with Crippen LogP contribution in [0.3, 0.4) is 0 Å². The largest absolute Gasteiger partial charge is 0.385 e. The van der Waals surface area contributed by atoms with E-state index in [2.05, 4.69) is 12.0 Å². The summed E-state index contributed by atoms with van der Waals surface area (Å²) < 4.78 is 4.88. The van der Waals surface area contributed by atoms with Crippen LogP contribution in [0.1, 0.15) is 12.8 Å². The lowest BCUT2D eigenvalue weighted by Gasteiger charge is -2.09. The molecule has 1 unspecified atom stereocenters. The molecule has 0 aliphatic carbocycles. The Morgan fingerprint density at radius 2 is 2.50 bits per heavy atom. The fourth-order valence-corrected chi connectivity index (χ4v) is 0.717. The number of methoxy groups -OCH3 is 1. The van der Waals surface area contributed by atoms with E-state index in [9.17, 15) is 0 Å². The number of nitrogens with two attached hydrogens (primary N) is 1. The van der Waals surface area contributed by atoms with Crippen LogP contribution in [0.4, 0.5) is 0 Å². The highest BCUT2D eigenvalue weighted by Gasteiger charge is 1.98. The molecular weight excluding hydrogens is 128 g/mol. The molecule has 0 aliphatic rings. The van der Waals surface area contributed by atoms with E-state index >= 15 is 0 Å². The number of hydrogen-bond acceptors (Lipinski definition) is 3. The van der Waals surface area contributed by atoms with Crippen LogP contribution in [0.25, 0.3) is 0 Å². The standard InChI is InChI=1S/C7H16N2O/c1-3-7(9-8)5-4-6-10-2/h3,7,9H,1,4-6,8H2,2H3. The van der Waals surface area contributed by atoms with Crippen LogP contribution in [0, 0.1) is 0 Å². The van der Waals surface area contributed by atoms with E-state index in [1.54, 1.807) is 13.2 Å². The van der Waals surface area contributed by atoms with Gasteiger partial charge in [0.15, 0.2) is 0 Å². The van der Waals surface area contributed by atoms with E-state index in [4.69, 9.17) is 10.6 Å². The minimum Gasteiger partial charge on any atom is -0.385 e. The Balaban J connectivity index is 3.17. The van der Waals surface area contributed by atoms with E-state index in [0.717, 1.165) is 19.4 Å². The van der Waals surface area contributed by atoms with Gasteiger partial charge in [-0.25, -0.2) is 0 Å². The van der Waals surface area contributed by atoms with Crippen molar-refractivity contribution in [3.8, 4) is 0 Å². The molecule has 3 nitrogen and oxygen atoms in total. The third kappa shape index (κ3) is 4.49. The Bertz CT molecular complexity index is 85.7. The third-order valence-corrected chi connectivity index (χ3v) is 1.36. The van der Waals surface area contributed by atoms with Crippen LogP contribution in [-0.2, 0) is 4.74 Å². The molecule has 0 amide bonds. The second-order valence-corrected chi connectivity index (χ2v) is 2.14. The average Bonchev–Trinajstić information content (AvgIpc) is 1.99. The number of rotatable bonds is 6. The second kappa shape index (κ2) is 6.74. The van der Waals surface area contributed by atoms with E-state index in [0.29, 0.717) is 0 Å². The van der Waals surface area contributed by atoms with Crippen molar-refractivity contribution in [1.29, 1.82) is 0 Å². The molecule has 3 heteroatoms. The highest BCUT2D eigenvalue weighted by atomic mass is 16.5. The number of ether oxygens (including phenoxy) is 1. The first-order valence-electron chi connectivity index (χ1n) is 3.42. The lowest BCUT2D eigenvalue weighted by molar-refractivity contribution is 0.190. The van der Waals surface area contributed by atoms with Crippen molar-refractivity contribution in [3.05, 3.63) is 12.7 Å². The minimum absolute atomic E-state index is 0.218. The van der Waals surface area contributed by atoms with Gasteiger partial charge in [-0.3, -0.25) is 11.3 Å². The zero-order chi connectivity index (χ0) is 7.82. The first kappa shape index (κ1) is 9.62. The lowest BCUT2D eigenvalue weighted by Crippen LogP contribution is -2.33. The van der Waals surface area contributed by atoms with E-state index in [1.807, 2.05) is 0 Å². The van der Waals surface area contributed by atoms with Crippen molar-refractivity contribution in [2.45, 2.75) is 18.9 Å². The molecule has 0 radical (unpaired) electrons. The first-order chi connectivity index (χ1) is 4.85.